The molecule has 0 amide bonds. The summed E-state index contributed by atoms with van der Waals surface area (Å²) < 4.78 is 0. The number of hydrogen-bond donors (Lipinski definition) is 0. The SMILES string of the molecule is O=C1CCCCCCCCCCC1[N+](=O)[O-].[Ca+2]. The number of hydrogen-bond acceptors (Lipinski definition) is 3. The van der Waals surface area contributed by atoms with Gasteiger partial charge >= 0.3 is 37.7 Å². The maximum atomic E-state index is 11.6. The second-order valence-corrected chi connectivity index (χ2v) is 4.63. The molecule has 17 heavy (non-hydrogen) atoms. The number of ketones is 1. The molecule has 0 N–H and O–H groups in total. The van der Waals surface area contributed by atoms with E-state index in [-0.39, 0.29) is 43.5 Å². The molecule has 1 unspecified atom stereocenters. The molecule has 0 aromatic rings. The van der Waals surface area contributed by atoms with Crippen LogP contribution in [0.5, 0.6) is 0 Å². The van der Waals surface area contributed by atoms with E-state index in [0.29, 0.717) is 12.8 Å². The summed E-state index contributed by atoms with van der Waals surface area (Å²) in [5.74, 6) is -0.162. The van der Waals surface area contributed by atoms with Crippen LogP contribution in [-0.2, 0) is 4.79 Å². The number of carbonyl (C=O) groups is 1. The van der Waals surface area contributed by atoms with Crippen LogP contribution in [-0.4, -0.2) is 54.5 Å². The molecule has 0 saturated heterocycles. The first-order chi connectivity index (χ1) is 7.72. The summed E-state index contributed by atoms with van der Waals surface area (Å²) in [5.41, 5.74) is 0. The number of carbonyl (C=O) groups excluding carboxylic acids is 1. The van der Waals surface area contributed by atoms with Crippen molar-refractivity contribution >= 4 is 43.5 Å². The molecule has 1 fully saturated rings. The van der Waals surface area contributed by atoms with Gasteiger partial charge in [0.05, 0.1) is 0 Å². The van der Waals surface area contributed by atoms with Crippen LogP contribution in [0.1, 0.15) is 64.2 Å². The third-order valence-corrected chi connectivity index (χ3v) is 3.28. The summed E-state index contributed by atoms with van der Waals surface area (Å²) in [4.78, 5) is 22.0. The van der Waals surface area contributed by atoms with Crippen molar-refractivity contribution in [2.24, 2.45) is 0 Å². The number of Topliss-reactive ketones (excluding diaryl/α,β-unsaturated/α-hetero) is 1. The zero-order chi connectivity index (χ0) is 11.8. The van der Waals surface area contributed by atoms with Gasteiger partial charge < -0.3 is 0 Å². The van der Waals surface area contributed by atoms with Crippen LogP contribution in [0.4, 0.5) is 0 Å². The molecule has 0 aromatic carbocycles. The van der Waals surface area contributed by atoms with Crippen molar-refractivity contribution in [3.05, 3.63) is 10.1 Å². The van der Waals surface area contributed by atoms with E-state index in [1.54, 1.807) is 0 Å². The van der Waals surface area contributed by atoms with Gasteiger partial charge in [0.2, 0.25) is 5.78 Å². The van der Waals surface area contributed by atoms with E-state index in [9.17, 15) is 14.9 Å². The zero-order valence-corrected chi connectivity index (χ0v) is 12.7. The van der Waals surface area contributed by atoms with Crippen LogP contribution in [0.2, 0.25) is 0 Å². The summed E-state index contributed by atoms with van der Waals surface area (Å²) in [6.45, 7) is 0. The Kier molecular flexibility index (Phi) is 10.5. The van der Waals surface area contributed by atoms with Crippen molar-refractivity contribution in [3.63, 3.8) is 0 Å². The Hall–Kier alpha value is 0.330. The van der Waals surface area contributed by atoms with Gasteiger partial charge in [-0.2, -0.15) is 0 Å². The summed E-state index contributed by atoms with van der Waals surface area (Å²) in [5, 5.41) is 10.8. The second-order valence-electron chi connectivity index (χ2n) is 4.63. The fraction of sp³-hybridized carbons (Fsp3) is 0.917. The molecule has 4 nitrogen and oxygen atoms in total. The van der Waals surface area contributed by atoms with Crippen LogP contribution in [0.3, 0.4) is 0 Å². The second kappa shape index (κ2) is 10.3. The number of rotatable bonds is 1. The molecule has 0 bridgehead atoms. The molecule has 92 valence electrons. The molecule has 0 heterocycles. The molecule has 1 aliphatic carbocycles. The van der Waals surface area contributed by atoms with Gasteiger partial charge in [-0.3, -0.25) is 14.9 Å². The summed E-state index contributed by atoms with van der Waals surface area (Å²) in [7, 11) is 0. The van der Waals surface area contributed by atoms with Gasteiger partial charge in [-0.1, -0.05) is 38.5 Å². The maximum Gasteiger partial charge on any atom is 2.00 e. The molecule has 5 heteroatoms. The van der Waals surface area contributed by atoms with Crippen molar-refractivity contribution in [2.75, 3.05) is 0 Å². The van der Waals surface area contributed by atoms with Gasteiger partial charge in [-0.15, -0.1) is 0 Å². The Labute approximate surface area is 133 Å². The third kappa shape index (κ3) is 7.37. The minimum absolute atomic E-state index is 0. The molecule has 1 aliphatic rings. The van der Waals surface area contributed by atoms with Gasteiger partial charge in [0.25, 0.3) is 6.04 Å². The minimum atomic E-state index is -0.931. The van der Waals surface area contributed by atoms with E-state index in [2.05, 4.69) is 0 Å². The van der Waals surface area contributed by atoms with Crippen LogP contribution in [0.15, 0.2) is 0 Å². The topological polar surface area (TPSA) is 60.2 Å². The van der Waals surface area contributed by atoms with Gasteiger partial charge in [0.1, 0.15) is 0 Å². The fourth-order valence-electron chi connectivity index (χ4n) is 2.25. The molecule has 1 saturated carbocycles. The Morgan fingerprint density at radius 2 is 1.41 bits per heavy atom. The molecule has 1 atom stereocenters. The summed E-state index contributed by atoms with van der Waals surface area (Å²) in [6.07, 6.45) is 9.32. The van der Waals surface area contributed by atoms with E-state index in [4.69, 9.17) is 0 Å². The van der Waals surface area contributed by atoms with Crippen molar-refractivity contribution < 1.29 is 9.72 Å². The minimum Gasteiger partial charge on any atom is -0.292 e. The van der Waals surface area contributed by atoms with E-state index in [0.717, 1.165) is 38.5 Å². The summed E-state index contributed by atoms with van der Waals surface area (Å²) >= 11 is 0. The largest absolute Gasteiger partial charge is 2.00 e. The van der Waals surface area contributed by atoms with Crippen LogP contribution in [0.25, 0.3) is 0 Å². The van der Waals surface area contributed by atoms with Gasteiger partial charge in [0, 0.05) is 17.8 Å². The average molecular weight is 267 g/mol. The quantitative estimate of drug-likeness (QED) is 0.417. The molecule has 0 spiro atoms. The molecule has 0 radical (unpaired) electrons. The smallest absolute Gasteiger partial charge is 0.292 e. The molecular formula is C12H21CaNO3+2. The van der Waals surface area contributed by atoms with E-state index in [1.807, 2.05) is 0 Å². The van der Waals surface area contributed by atoms with Crippen molar-refractivity contribution in [1.29, 1.82) is 0 Å². The van der Waals surface area contributed by atoms with Crippen LogP contribution >= 0.6 is 0 Å². The van der Waals surface area contributed by atoms with Gasteiger partial charge in [-0.25, -0.2) is 0 Å². The predicted molar refractivity (Wildman–Crippen MR) is 67.7 cm³/mol. The van der Waals surface area contributed by atoms with E-state index >= 15 is 0 Å². The normalized spacial score (nSPS) is 24.0. The summed E-state index contributed by atoms with van der Waals surface area (Å²) in [6, 6.07) is -0.931. The van der Waals surface area contributed by atoms with Gasteiger partial charge in [0.15, 0.2) is 0 Å². The Morgan fingerprint density at radius 3 is 1.94 bits per heavy atom. The van der Waals surface area contributed by atoms with Crippen LogP contribution < -0.4 is 0 Å². The zero-order valence-electron chi connectivity index (χ0n) is 10.5. The monoisotopic (exact) mass is 267 g/mol. The van der Waals surface area contributed by atoms with Crippen molar-refractivity contribution in [1.82, 2.24) is 0 Å². The fourth-order valence-corrected chi connectivity index (χ4v) is 2.25. The average Bonchev–Trinajstić information content (AvgIpc) is 2.22. The Bertz CT molecular complexity index is 246. The molecule has 1 rings (SSSR count). The van der Waals surface area contributed by atoms with Crippen molar-refractivity contribution in [3.8, 4) is 0 Å². The number of nitrogens with zero attached hydrogens (tertiary/aromatic N) is 1. The first kappa shape index (κ1) is 17.3. The van der Waals surface area contributed by atoms with Gasteiger partial charge in [-0.05, 0) is 12.8 Å². The maximum absolute atomic E-state index is 11.6. The Morgan fingerprint density at radius 1 is 0.941 bits per heavy atom. The third-order valence-electron chi connectivity index (χ3n) is 3.28. The molecular weight excluding hydrogens is 246 g/mol. The van der Waals surface area contributed by atoms with E-state index < -0.39 is 11.0 Å². The Balaban J connectivity index is 0.00000256. The molecule has 0 aromatic heterocycles. The number of nitro groups is 1. The van der Waals surface area contributed by atoms with E-state index in [1.165, 1.54) is 12.8 Å². The standard InChI is InChI=1S/C12H21NO3.Ca/c14-12-10-8-6-4-2-1-3-5-7-9-11(12)13(15)16;/h11H,1-10H2;/q;+2. The van der Waals surface area contributed by atoms with Crippen LogP contribution in [0, 0.1) is 10.1 Å². The van der Waals surface area contributed by atoms with Crippen molar-refractivity contribution in [2.45, 2.75) is 70.3 Å². The molecule has 0 aliphatic heterocycles. The predicted octanol–water partition coefficient (Wildman–Crippen LogP) is 2.73. The first-order valence-electron chi connectivity index (χ1n) is 6.38. The first-order valence-corrected chi connectivity index (χ1v) is 6.38.